The van der Waals surface area contributed by atoms with Crippen molar-refractivity contribution in [2.75, 3.05) is 43.1 Å². The molecule has 4 nitrogen and oxygen atoms in total. The zero-order valence-electron chi connectivity index (χ0n) is 11.1. The van der Waals surface area contributed by atoms with Crippen LogP contribution >= 0.6 is 0 Å². The number of benzene rings is 1. The SMILES string of the molecule is CCC(N)CNc1ccccc1N1CCOCC1. The summed E-state index contributed by atoms with van der Waals surface area (Å²) in [7, 11) is 0. The molecule has 1 fully saturated rings. The van der Waals surface area contributed by atoms with E-state index in [0.717, 1.165) is 39.3 Å². The van der Waals surface area contributed by atoms with Crippen LogP contribution in [0, 0.1) is 0 Å². The molecule has 18 heavy (non-hydrogen) atoms. The summed E-state index contributed by atoms with van der Waals surface area (Å²) in [5.74, 6) is 0. The number of para-hydroxylation sites is 2. The van der Waals surface area contributed by atoms with E-state index >= 15 is 0 Å². The van der Waals surface area contributed by atoms with Gasteiger partial charge in [0, 0.05) is 25.7 Å². The lowest BCUT2D eigenvalue weighted by Crippen LogP contribution is -2.37. The molecule has 0 aromatic heterocycles. The number of rotatable bonds is 5. The fraction of sp³-hybridized carbons (Fsp3) is 0.571. The Morgan fingerprint density at radius 1 is 1.33 bits per heavy atom. The quantitative estimate of drug-likeness (QED) is 0.833. The minimum absolute atomic E-state index is 0.211. The molecule has 2 rings (SSSR count). The van der Waals surface area contributed by atoms with Crippen LogP contribution in [0.25, 0.3) is 0 Å². The summed E-state index contributed by atoms with van der Waals surface area (Å²) in [6, 6.07) is 8.63. The van der Waals surface area contributed by atoms with Crippen LogP contribution in [0.5, 0.6) is 0 Å². The molecular formula is C14H23N3O. The number of anilines is 2. The van der Waals surface area contributed by atoms with Gasteiger partial charge in [0.2, 0.25) is 0 Å². The first-order valence-electron chi connectivity index (χ1n) is 6.72. The summed E-state index contributed by atoms with van der Waals surface area (Å²) in [5.41, 5.74) is 8.38. The standard InChI is InChI=1S/C14H23N3O/c1-2-12(15)11-16-13-5-3-4-6-14(13)17-7-9-18-10-8-17/h3-6,12,16H,2,7-11,15H2,1H3. The van der Waals surface area contributed by atoms with Crippen molar-refractivity contribution in [3.05, 3.63) is 24.3 Å². The zero-order valence-corrected chi connectivity index (χ0v) is 11.1. The van der Waals surface area contributed by atoms with Crippen LogP contribution in [0.4, 0.5) is 11.4 Å². The number of nitrogens with zero attached hydrogens (tertiary/aromatic N) is 1. The maximum Gasteiger partial charge on any atom is 0.0642 e. The van der Waals surface area contributed by atoms with Gasteiger partial charge in [0.25, 0.3) is 0 Å². The van der Waals surface area contributed by atoms with Gasteiger partial charge >= 0.3 is 0 Å². The Kier molecular flexibility index (Phi) is 4.84. The van der Waals surface area contributed by atoms with Crippen molar-refractivity contribution in [2.45, 2.75) is 19.4 Å². The maximum absolute atomic E-state index is 5.95. The Bertz CT molecular complexity index is 364. The van der Waals surface area contributed by atoms with Crippen LogP contribution in [-0.4, -0.2) is 38.9 Å². The van der Waals surface area contributed by atoms with E-state index in [1.54, 1.807) is 0 Å². The monoisotopic (exact) mass is 249 g/mol. The number of ether oxygens (including phenoxy) is 1. The van der Waals surface area contributed by atoms with Gasteiger partial charge in [-0.05, 0) is 18.6 Å². The third kappa shape index (κ3) is 3.37. The second kappa shape index (κ2) is 6.61. The van der Waals surface area contributed by atoms with Crippen molar-refractivity contribution < 1.29 is 4.74 Å². The molecule has 0 amide bonds. The van der Waals surface area contributed by atoms with Gasteiger partial charge < -0.3 is 20.7 Å². The molecule has 0 radical (unpaired) electrons. The Labute approximate surface area is 109 Å². The van der Waals surface area contributed by atoms with E-state index in [0.29, 0.717) is 0 Å². The first kappa shape index (κ1) is 13.2. The van der Waals surface area contributed by atoms with Gasteiger partial charge in [0.15, 0.2) is 0 Å². The molecule has 0 bridgehead atoms. The van der Waals surface area contributed by atoms with Gasteiger partial charge in [-0.25, -0.2) is 0 Å². The summed E-state index contributed by atoms with van der Waals surface area (Å²) in [4.78, 5) is 2.36. The van der Waals surface area contributed by atoms with Crippen molar-refractivity contribution >= 4 is 11.4 Å². The molecular weight excluding hydrogens is 226 g/mol. The van der Waals surface area contributed by atoms with Crippen LogP contribution in [0.15, 0.2) is 24.3 Å². The summed E-state index contributed by atoms with van der Waals surface area (Å²) < 4.78 is 5.39. The van der Waals surface area contributed by atoms with E-state index in [2.05, 4.69) is 41.4 Å². The van der Waals surface area contributed by atoms with Crippen LogP contribution in [-0.2, 0) is 4.74 Å². The second-order valence-electron chi connectivity index (χ2n) is 4.67. The highest BCUT2D eigenvalue weighted by Crippen LogP contribution is 2.26. The van der Waals surface area contributed by atoms with Gasteiger partial charge in [-0.3, -0.25) is 0 Å². The second-order valence-corrected chi connectivity index (χ2v) is 4.67. The average molecular weight is 249 g/mol. The smallest absolute Gasteiger partial charge is 0.0642 e. The van der Waals surface area contributed by atoms with Gasteiger partial charge in [-0.2, -0.15) is 0 Å². The third-order valence-corrected chi connectivity index (χ3v) is 3.33. The van der Waals surface area contributed by atoms with Crippen LogP contribution in [0.1, 0.15) is 13.3 Å². The molecule has 1 unspecified atom stereocenters. The molecule has 0 saturated carbocycles. The van der Waals surface area contributed by atoms with E-state index in [-0.39, 0.29) is 6.04 Å². The minimum atomic E-state index is 0.211. The lowest BCUT2D eigenvalue weighted by molar-refractivity contribution is 0.123. The Hall–Kier alpha value is -1.26. The molecule has 0 aliphatic carbocycles. The number of nitrogens with one attached hydrogen (secondary N) is 1. The lowest BCUT2D eigenvalue weighted by Gasteiger charge is -2.31. The molecule has 1 aromatic carbocycles. The van der Waals surface area contributed by atoms with E-state index in [4.69, 9.17) is 10.5 Å². The molecule has 1 aromatic rings. The molecule has 1 aliphatic heterocycles. The lowest BCUT2D eigenvalue weighted by atomic mass is 10.2. The Morgan fingerprint density at radius 3 is 2.78 bits per heavy atom. The Morgan fingerprint density at radius 2 is 2.06 bits per heavy atom. The summed E-state index contributed by atoms with van der Waals surface area (Å²) >= 11 is 0. The van der Waals surface area contributed by atoms with Crippen molar-refractivity contribution in [1.82, 2.24) is 0 Å². The normalized spacial score (nSPS) is 17.6. The molecule has 1 heterocycles. The Balaban J connectivity index is 2.04. The zero-order chi connectivity index (χ0) is 12.8. The van der Waals surface area contributed by atoms with E-state index in [1.165, 1.54) is 11.4 Å². The van der Waals surface area contributed by atoms with Gasteiger partial charge in [-0.1, -0.05) is 19.1 Å². The maximum atomic E-state index is 5.95. The molecule has 100 valence electrons. The highest BCUT2D eigenvalue weighted by molar-refractivity contribution is 5.70. The molecule has 1 saturated heterocycles. The van der Waals surface area contributed by atoms with Crippen molar-refractivity contribution in [1.29, 1.82) is 0 Å². The fourth-order valence-electron chi connectivity index (χ4n) is 2.09. The van der Waals surface area contributed by atoms with Crippen LogP contribution < -0.4 is 16.0 Å². The third-order valence-electron chi connectivity index (χ3n) is 3.33. The van der Waals surface area contributed by atoms with Crippen LogP contribution in [0.3, 0.4) is 0 Å². The molecule has 0 spiro atoms. The van der Waals surface area contributed by atoms with Crippen LogP contribution in [0.2, 0.25) is 0 Å². The number of nitrogens with two attached hydrogens (primary N) is 1. The first-order chi connectivity index (χ1) is 8.81. The number of morpholine rings is 1. The van der Waals surface area contributed by atoms with Crippen molar-refractivity contribution in [3.8, 4) is 0 Å². The molecule has 1 aliphatic rings. The van der Waals surface area contributed by atoms with E-state index in [9.17, 15) is 0 Å². The largest absolute Gasteiger partial charge is 0.382 e. The summed E-state index contributed by atoms with van der Waals surface area (Å²) in [6.45, 7) is 6.46. The van der Waals surface area contributed by atoms with Crippen molar-refractivity contribution in [3.63, 3.8) is 0 Å². The molecule has 1 atom stereocenters. The van der Waals surface area contributed by atoms with E-state index < -0.39 is 0 Å². The molecule has 4 heteroatoms. The average Bonchev–Trinajstić information content (AvgIpc) is 2.46. The molecule has 3 N–H and O–H groups in total. The topological polar surface area (TPSA) is 50.5 Å². The van der Waals surface area contributed by atoms with E-state index in [1.807, 2.05) is 0 Å². The van der Waals surface area contributed by atoms with Gasteiger partial charge in [0.05, 0.1) is 24.6 Å². The highest BCUT2D eigenvalue weighted by atomic mass is 16.5. The minimum Gasteiger partial charge on any atom is -0.382 e. The first-order valence-corrected chi connectivity index (χ1v) is 6.72. The summed E-state index contributed by atoms with van der Waals surface area (Å²) in [6.07, 6.45) is 0.993. The van der Waals surface area contributed by atoms with Gasteiger partial charge in [-0.15, -0.1) is 0 Å². The predicted molar refractivity (Wildman–Crippen MR) is 76.2 cm³/mol. The van der Waals surface area contributed by atoms with Gasteiger partial charge in [0.1, 0.15) is 0 Å². The van der Waals surface area contributed by atoms with Crippen molar-refractivity contribution in [2.24, 2.45) is 5.73 Å². The fourth-order valence-corrected chi connectivity index (χ4v) is 2.09. The summed E-state index contributed by atoms with van der Waals surface area (Å²) in [5, 5.41) is 3.45. The highest BCUT2D eigenvalue weighted by Gasteiger charge is 2.14. The number of hydrogen-bond donors (Lipinski definition) is 2. The predicted octanol–water partition coefficient (Wildman–Crippen LogP) is 1.67. The number of hydrogen-bond acceptors (Lipinski definition) is 4.